The molecule has 0 saturated carbocycles. The zero-order valence-corrected chi connectivity index (χ0v) is 14.4. The smallest absolute Gasteiger partial charge is 0.317 e. The van der Waals surface area contributed by atoms with Gasteiger partial charge in [-0.05, 0) is 38.2 Å². The van der Waals surface area contributed by atoms with Crippen molar-refractivity contribution in [2.75, 3.05) is 13.1 Å². The summed E-state index contributed by atoms with van der Waals surface area (Å²) in [6, 6.07) is 5.26. The molecule has 2 amide bonds. The van der Waals surface area contributed by atoms with Crippen LogP contribution in [0.3, 0.4) is 0 Å². The Morgan fingerprint density at radius 2 is 2.24 bits per heavy atom. The Balaban J connectivity index is 1.44. The molecule has 2 N–H and O–H groups in total. The predicted octanol–water partition coefficient (Wildman–Crippen LogP) is 2.29. The van der Waals surface area contributed by atoms with E-state index in [-0.39, 0.29) is 17.6 Å². The van der Waals surface area contributed by atoms with Gasteiger partial charge in [-0.1, -0.05) is 6.07 Å². The zero-order chi connectivity index (χ0) is 17.5. The van der Waals surface area contributed by atoms with E-state index >= 15 is 0 Å². The normalized spacial score (nSPS) is 17.4. The molecule has 7 heteroatoms. The average Bonchev–Trinajstić information content (AvgIpc) is 3.17. The highest BCUT2D eigenvalue weighted by Gasteiger charge is 2.28. The number of nitrogens with one attached hydrogen (secondary N) is 2. The van der Waals surface area contributed by atoms with E-state index in [1.807, 2.05) is 17.2 Å². The van der Waals surface area contributed by atoms with Crippen molar-refractivity contribution in [3.8, 4) is 0 Å². The number of hydrogen-bond acceptors (Lipinski definition) is 3. The summed E-state index contributed by atoms with van der Waals surface area (Å²) in [5.41, 5.74) is 1.08. The molecular formula is C18H25N5O2. The number of nitrogens with zero attached hydrogens (tertiary/aromatic N) is 3. The number of aromatic amines is 1. The summed E-state index contributed by atoms with van der Waals surface area (Å²) >= 11 is 0. The molecule has 0 unspecified atom stereocenters. The molecule has 0 spiro atoms. The van der Waals surface area contributed by atoms with Crippen LogP contribution >= 0.6 is 0 Å². The van der Waals surface area contributed by atoms with Crippen LogP contribution in [-0.2, 0) is 6.54 Å². The minimum atomic E-state index is -0.0113. The topological polar surface area (TPSA) is 83.0 Å². The van der Waals surface area contributed by atoms with Gasteiger partial charge in [-0.3, -0.25) is 9.89 Å². The molecule has 0 radical (unpaired) electrons. The number of rotatable bonds is 6. The number of aromatic nitrogens is 3. The number of pyridine rings is 1. The summed E-state index contributed by atoms with van der Waals surface area (Å²) in [5.74, 6) is 0. The molecule has 25 heavy (non-hydrogen) atoms. The van der Waals surface area contributed by atoms with Crippen LogP contribution in [0.5, 0.6) is 0 Å². The largest absolute Gasteiger partial charge is 0.338 e. The van der Waals surface area contributed by atoms with Crippen LogP contribution in [0.4, 0.5) is 4.79 Å². The minimum absolute atomic E-state index is 0.0113. The maximum absolute atomic E-state index is 12.5. The third-order valence-electron chi connectivity index (χ3n) is 4.67. The van der Waals surface area contributed by atoms with Crippen molar-refractivity contribution in [1.82, 2.24) is 25.0 Å². The van der Waals surface area contributed by atoms with Crippen LogP contribution in [-0.4, -0.2) is 38.8 Å². The molecule has 1 fully saturated rings. The van der Waals surface area contributed by atoms with Crippen LogP contribution in [0.15, 0.2) is 41.6 Å². The van der Waals surface area contributed by atoms with Gasteiger partial charge in [0.25, 0.3) is 0 Å². The van der Waals surface area contributed by atoms with Gasteiger partial charge in [0.05, 0.1) is 12.2 Å². The number of H-pyrrole nitrogens is 1. The number of piperidine rings is 1. The highest BCUT2D eigenvalue weighted by atomic mass is 16.2. The summed E-state index contributed by atoms with van der Waals surface area (Å²) in [7, 11) is 0. The Morgan fingerprint density at radius 3 is 3.04 bits per heavy atom. The van der Waals surface area contributed by atoms with E-state index in [1.165, 1.54) is 0 Å². The number of urea groups is 1. The molecule has 1 saturated heterocycles. The predicted molar refractivity (Wildman–Crippen MR) is 95.2 cm³/mol. The number of amides is 2. The standard InChI is InChI=1S/C18H25N5O2/c24-17-8-2-4-10-22(17)11-6-3-9-19-18(25)23-12-5-1-7-16(23)15-13-20-21-14-15/h2,4,8,10,13-14,16H,1,3,5-7,9,11-12H2,(H,19,25)(H,20,21)/t16-/m0/s1. The first-order valence-electron chi connectivity index (χ1n) is 8.94. The average molecular weight is 343 g/mol. The van der Waals surface area contributed by atoms with Crippen molar-refractivity contribution >= 4 is 6.03 Å². The summed E-state index contributed by atoms with van der Waals surface area (Å²) in [5, 5.41) is 9.85. The van der Waals surface area contributed by atoms with Crippen molar-refractivity contribution in [3.05, 3.63) is 52.7 Å². The zero-order valence-electron chi connectivity index (χ0n) is 14.4. The Labute approximate surface area is 147 Å². The maximum Gasteiger partial charge on any atom is 0.317 e. The van der Waals surface area contributed by atoms with Crippen LogP contribution < -0.4 is 10.9 Å². The van der Waals surface area contributed by atoms with Crippen molar-refractivity contribution in [2.45, 2.75) is 44.7 Å². The molecule has 0 aromatic carbocycles. The van der Waals surface area contributed by atoms with Crippen LogP contribution in [0.1, 0.15) is 43.7 Å². The summed E-state index contributed by atoms with van der Waals surface area (Å²) in [6.07, 6.45) is 10.3. The fraction of sp³-hybridized carbons (Fsp3) is 0.500. The Bertz CT molecular complexity index is 725. The number of aryl methyl sites for hydroxylation is 1. The molecule has 1 aliphatic heterocycles. The highest BCUT2D eigenvalue weighted by Crippen LogP contribution is 2.30. The molecule has 0 bridgehead atoms. The molecule has 2 aromatic heterocycles. The SMILES string of the molecule is O=C(NCCCCn1ccccc1=O)N1CCCC[C@H]1c1cn[nH]c1. The first kappa shape index (κ1) is 17.3. The number of unbranched alkanes of at least 4 members (excludes halogenated alkanes) is 1. The van der Waals surface area contributed by atoms with E-state index in [9.17, 15) is 9.59 Å². The summed E-state index contributed by atoms with van der Waals surface area (Å²) < 4.78 is 1.70. The first-order valence-corrected chi connectivity index (χ1v) is 8.94. The second kappa shape index (κ2) is 8.50. The van der Waals surface area contributed by atoms with Crippen molar-refractivity contribution in [2.24, 2.45) is 0 Å². The Kier molecular flexibility index (Phi) is 5.87. The van der Waals surface area contributed by atoms with Gasteiger partial charge < -0.3 is 14.8 Å². The minimum Gasteiger partial charge on any atom is -0.338 e. The van der Waals surface area contributed by atoms with Gasteiger partial charge in [0.15, 0.2) is 0 Å². The van der Waals surface area contributed by atoms with Crippen molar-refractivity contribution in [3.63, 3.8) is 0 Å². The molecule has 7 nitrogen and oxygen atoms in total. The van der Waals surface area contributed by atoms with E-state index in [0.29, 0.717) is 13.1 Å². The monoisotopic (exact) mass is 343 g/mol. The third-order valence-corrected chi connectivity index (χ3v) is 4.67. The number of likely N-dealkylation sites (tertiary alicyclic amines) is 1. The Hall–Kier alpha value is -2.57. The summed E-state index contributed by atoms with van der Waals surface area (Å²) in [6.45, 7) is 2.08. The molecule has 1 atom stereocenters. The van der Waals surface area contributed by atoms with E-state index in [4.69, 9.17) is 0 Å². The molecule has 3 rings (SSSR count). The van der Waals surface area contributed by atoms with E-state index in [2.05, 4.69) is 15.5 Å². The van der Waals surface area contributed by atoms with Gasteiger partial charge in [-0.15, -0.1) is 0 Å². The quantitative estimate of drug-likeness (QED) is 0.790. The molecule has 3 heterocycles. The lowest BCUT2D eigenvalue weighted by Crippen LogP contribution is -2.44. The van der Waals surface area contributed by atoms with Crippen molar-refractivity contribution < 1.29 is 4.79 Å². The van der Waals surface area contributed by atoms with Crippen LogP contribution in [0, 0.1) is 0 Å². The maximum atomic E-state index is 12.5. The van der Waals surface area contributed by atoms with Crippen LogP contribution in [0.25, 0.3) is 0 Å². The van der Waals surface area contributed by atoms with E-state index < -0.39 is 0 Å². The van der Waals surface area contributed by atoms with Gasteiger partial charge in [0.2, 0.25) is 5.56 Å². The lowest BCUT2D eigenvalue weighted by atomic mass is 9.98. The van der Waals surface area contributed by atoms with Crippen LogP contribution in [0.2, 0.25) is 0 Å². The molecule has 2 aromatic rings. The lowest BCUT2D eigenvalue weighted by molar-refractivity contribution is 0.151. The first-order chi connectivity index (χ1) is 12.3. The lowest BCUT2D eigenvalue weighted by Gasteiger charge is -2.35. The highest BCUT2D eigenvalue weighted by molar-refractivity contribution is 5.74. The molecule has 134 valence electrons. The summed E-state index contributed by atoms with van der Waals surface area (Å²) in [4.78, 5) is 26.1. The second-order valence-corrected chi connectivity index (χ2v) is 6.41. The van der Waals surface area contributed by atoms with Crippen molar-refractivity contribution in [1.29, 1.82) is 0 Å². The fourth-order valence-corrected chi connectivity index (χ4v) is 3.31. The van der Waals surface area contributed by atoms with Gasteiger partial charge in [-0.25, -0.2) is 4.79 Å². The third kappa shape index (κ3) is 4.49. The molecular weight excluding hydrogens is 318 g/mol. The van der Waals surface area contributed by atoms with Gasteiger partial charge in [0, 0.05) is 43.7 Å². The van der Waals surface area contributed by atoms with E-state index in [0.717, 1.165) is 44.2 Å². The van der Waals surface area contributed by atoms with Gasteiger partial charge in [0.1, 0.15) is 0 Å². The molecule has 1 aliphatic rings. The number of carbonyl (C=O) groups excluding carboxylic acids is 1. The second-order valence-electron chi connectivity index (χ2n) is 6.41. The number of hydrogen-bond donors (Lipinski definition) is 2. The van der Waals surface area contributed by atoms with E-state index in [1.54, 1.807) is 29.1 Å². The van der Waals surface area contributed by atoms with Gasteiger partial charge in [-0.2, -0.15) is 5.10 Å². The Morgan fingerprint density at radius 1 is 1.32 bits per heavy atom. The molecule has 0 aliphatic carbocycles. The fourth-order valence-electron chi connectivity index (χ4n) is 3.31. The van der Waals surface area contributed by atoms with Gasteiger partial charge >= 0.3 is 6.03 Å². The number of carbonyl (C=O) groups is 1.